The van der Waals surface area contributed by atoms with Gasteiger partial charge in [0.1, 0.15) is 11.4 Å². The van der Waals surface area contributed by atoms with Gasteiger partial charge in [0.15, 0.2) is 11.6 Å². The minimum absolute atomic E-state index is 0.0939. The molecule has 1 fully saturated rings. The smallest absolute Gasteiger partial charge is 0.257 e. The molecule has 0 bridgehead atoms. The van der Waals surface area contributed by atoms with Crippen LogP contribution in [0.3, 0.4) is 0 Å². The normalized spacial score (nSPS) is 24.5. The fraction of sp³-hybridized carbons (Fsp3) is 0.235. The molecular weight excluding hydrogens is 288 g/mol. The Kier molecular flexibility index (Phi) is 2.73. The third kappa shape index (κ3) is 1.81. The van der Waals surface area contributed by atoms with Gasteiger partial charge in [-0.1, -0.05) is 24.3 Å². The monoisotopic (exact) mass is 301 g/mol. The summed E-state index contributed by atoms with van der Waals surface area (Å²) in [5, 5.41) is 12.0. The van der Waals surface area contributed by atoms with Gasteiger partial charge >= 0.3 is 0 Å². The van der Waals surface area contributed by atoms with Crippen molar-refractivity contribution in [3.63, 3.8) is 0 Å². The molecule has 0 spiro atoms. The lowest BCUT2D eigenvalue weighted by molar-refractivity contribution is 0.0938. The van der Waals surface area contributed by atoms with E-state index in [1.54, 1.807) is 0 Å². The third-order valence-corrected chi connectivity index (χ3v) is 4.63. The first-order valence-corrected chi connectivity index (χ1v) is 7.13. The summed E-state index contributed by atoms with van der Waals surface area (Å²) in [6, 6.07) is 9.71. The first-order valence-electron chi connectivity index (χ1n) is 7.13. The molecule has 0 heterocycles. The molecule has 3 nitrogen and oxygen atoms in total. The van der Waals surface area contributed by atoms with E-state index in [0.717, 1.165) is 18.6 Å². The second-order valence-corrected chi connectivity index (χ2v) is 5.85. The van der Waals surface area contributed by atoms with Crippen molar-refractivity contribution < 1.29 is 18.7 Å². The number of fused-ring (bicyclic) bond motifs is 3. The molecular formula is C17H13F2NO2. The number of aromatic hydroxyl groups is 1. The highest BCUT2D eigenvalue weighted by Crippen LogP contribution is 2.56. The van der Waals surface area contributed by atoms with Crippen molar-refractivity contribution in [3.05, 3.63) is 64.7 Å². The molecule has 112 valence electrons. The Morgan fingerprint density at radius 3 is 2.77 bits per heavy atom. The lowest BCUT2D eigenvalue weighted by atomic mass is 10.0. The molecule has 0 radical (unpaired) electrons. The molecule has 4 rings (SSSR count). The molecule has 22 heavy (non-hydrogen) atoms. The van der Waals surface area contributed by atoms with Gasteiger partial charge in [0, 0.05) is 12.0 Å². The summed E-state index contributed by atoms with van der Waals surface area (Å²) in [6.45, 7) is 0. The van der Waals surface area contributed by atoms with Crippen LogP contribution >= 0.6 is 0 Å². The Morgan fingerprint density at radius 1 is 1.18 bits per heavy atom. The SMILES string of the molecule is O=C(NC1C2Cc3ccccc3C21)c1c(F)ccc(O)c1F. The fourth-order valence-electron chi connectivity index (χ4n) is 3.52. The van der Waals surface area contributed by atoms with Crippen molar-refractivity contribution in [2.24, 2.45) is 5.92 Å². The Morgan fingerprint density at radius 2 is 1.95 bits per heavy atom. The summed E-state index contributed by atoms with van der Waals surface area (Å²) >= 11 is 0. The van der Waals surface area contributed by atoms with E-state index in [1.165, 1.54) is 11.1 Å². The number of rotatable bonds is 2. The Balaban J connectivity index is 1.56. The van der Waals surface area contributed by atoms with Gasteiger partial charge in [-0.2, -0.15) is 0 Å². The van der Waals surface area contributed by atoms with Crippen molar-refractivity contribution in [2.45, 2.75) is 18.4 Å². The lowest BCUT2D eigenvalue weighted by Crippen LogP contribution is -2.30. The quantitative estimate of drug-likeness (QED) is 0.896. The summed E-state index contributed by atoms with van der Waals surface area (Å²) in [7, 11) is 0. The summed E-state index contributed by atoms with van der Waals surface area (Å²) in [4.78, 5) is 12.1. The molecule has 2 aromatic carbocycles. The van der Waals surface area contributed by atoms with Crippen LogP contribution in [0, 0.1) is 17.6 Å². The molecule has 2 aliphatic carbocycles. The van der Waals surface area contributed by atoms with Gasteiger partial charge in [-0.25, -0.2) is 8.78 Å². The van der Waals surface area contributed by atoms with E-state index in [-0.39, 0.29) is 12.0 Å². The molecule has 2 aromatic rings. The van der Waals surface area contributed by atoms with Crippen LogP contribution in [-0.2, 0) is 6.42 Å². The van der Waals surface area contributed by atoms with Gasteiger partial charge in [-0.15, -0.1) is 0 Å². The van der Waals surface area contributed by atoms with Gasteiger partial charge in [0.05, 0.1) is 0 Å². The lowest BCUT2D eigenvalue weighted by Gasteiger charge is -2.11. The Hall–Kier alpha value is -2.43. The maximum atomic E-state index is 13.8. The van der Waals surface area contributed by atoms with Crippen molar-refractivity contribution in [1.82, 2.24) is 5.32 Å². The number of benzene rings is 2. The third-order valence-electron chi connectivity index (χ3n) is 4.63. The molecule has 2 N–H and O–H groups in total. The highest BCUT2D eigenvalue weighted by atomic mass is 19.1. The Bertz CT molecular complexity index is 790. The van der Waals surface area contributed by atoms with Crippen LogP contribution < -0.4 is 5.32 Å². The van der Waals surface area contributed by atoms with E-state index in [1.807, 2.05) is 18.2 Å². The molecule has 1 saturated carbocycles. The second kappa shape index (κ2) is 4.53. The van der Waals surface area contributed by atoms with Crippen LogP contribution in [0.5, 0.6) is 5.75 Å². The number of phenolic OH excluding ortho intramolecular Hbond substituents is 1. The molecule has 3 unspecified atom stereocenters. The molecule has 0 aliphatic heterocycles. The summed E-state index contributed by atoms with van der Waals surface area (Å²) < 4.78 is 27.4. The van der Waals surface area contributed by atoms with Crippen molar-refractivity contribution in [3.8, 4) is 5.75 Å². The molecule has 3 atom stereocenters. The predicted molar refractivity (Wildman–Crippen MR) is 75.7 cm³/mol. The van der Waals surface area contributed by atoms with Gasteiger partial charge in [-0.05, 0) is 35.6 Å². The van der Waals surface area contributed by atoms with Crippen LogP contribution in [0.25, 0.3) is 0 Å². The number of hydrogen-bond acceptors (Lipinski definition) is 2. The first-order chi connectivity index (χ1) is 10.6. The van der Waals surface area contributed by atoms with Gasteiger partial charge in [0.25, 0.3) is 5.91 Å². The summed E-state index contributed by atoms with van der Waals surface area (Å²) in [6.07, 6.45) is 0.872. The van der Waals surface area contributed by atoms with E-state index in [0.29, 0.717) is 5.92 Å². The zero-order chi connectivity index (χ0) is 15.4. The summed E-state index contributed by atoms with van der Waals surface area (Å²) in [5.74, 6) is -3.22. The second-order valence-electron chi connectivity index (χ2n) is 5.85. The minimum atomic E-state index is -1.22. The van der Waals surface area contributed by atoms with E-state index >= 15 is 0 Å². The van der Waals surface area contributed by atoms with Crippen molar-refractivity contribution >= 4 is 5.91 Å². The molecule has 0 aromatic heterocycles. The number of carbonyl (C=O) groups excluding carboxylic acids is 1. The number of halogens is 2. The number of amides is 1. The number of hydrogen-bond donors (Lipinski definition) is 2. The number of phenols is 1. The van der Waals surface area contributed by atoms with Gasteiger partial charge in [0.2, 0.25) is 0 Å². The van der Waals surface area contributed by atoms with Gasteiger partial charge < -0.3 is 10.4 Å². The summed E-state index contributed by atoms with van der Waals surface area (Å²) in [5.41, 5.74) is 1.76. The molecule has 1 amide bonds. The average Bonchev–Trinajstić information content (AvgIpc) is 3.01. The van der Waals surface area contributed by atoms with Crippen LogP contribution in [-0.4, -0.2) is 17.1 Å². The maximum Gasteiger partial charge on any atom is 0.257 e. The van der Waals surface area contributed by atoms with Gasteiger partial charge in [-0.3, -0.25) is 4.79 Å². The molecule has 5 heteroatoms. The van der Waals surface area contributed by atoms with Crippen molar-refractivity contribution in [1.29, 1.82) is 0 Å². The van der Waals surface area contributed by atoms with E-state index in [2.05, 4.69) is 11.4 Å². The fourth-order valence-corrected chi connectivity index (χ4v) is 3.52. The molecule has 2 aliphatic rings. The van der Waals surface area contributed by atoms with Crippen LogP contribution in [0.15, 0.2) is 36.4 Å². The van der Waals surface area contributed by atoms with Crippen molar-refractivity contribution in [2.75, 3.05) is 0 Å². The first kappa shape index (κ1) is 13.2. The minimum Gasteiger partial charge on any atom is -0.505 e. The predicted octanol–water partition coefficient (Wildman–Crippen LogP) is 2.74. The van der Waals surface area contributed by atoms with E-state index < -0.39 is 28.9 Å². The zero-order valence-corrected chi connectivity index (χ0v) is 11.5. The van der Waals surface area contributed by atoms with Crippen LogP contribution in [0.2, 0.25) is 0 Å². The van der Waals surface area contributed by atoms with Crippen LogP contribution in [0.1, 0.15) is 27.4 Å². The topological polar surface area (TPSA) is 49.3 Å². The average molecular weight is 301 g/mol. The highest BCUT2D eigenvalue weighted by Gasteiger charge is 2.56. The van der Waals surface area contributed by atoms with Crippen LogP contribution in [0.4, 0.5) is 8.78 Å². The maximum absolute atomic E-state index is 13.8. The van der Waals surface area contributed by atoms with E-state index in [9.17, 15) is 18.7 Å². The number of nitrogens with one attached hydrogen (secondary N) is 1. The van der Waals surface area contributed by atoms with E-state index in [4.69, 9.17) is 0 Å². The Labute approximate surface area is 125 Å². The number of carbonyl (C=O) groups is 1. The largest absolute Gasteiger partial charge is 0.505 e. The standard InChI is InChI=1S/C17H13F2NO2/c18-11-5-6-12(21)15(19)14(11)17(22)20-16-10-7-8-3-1-2-4-9(8)13(10)16/h1-6,10,13,16,21H,7H2,(H,20,22). The molecule has 0 saturated heterocycles. The zero-order valence-electron chi connectivity index (χ0n) is 11.5. The highest BCUT2D eigenvalue weighted by molar-refractivity contribution is 5.95.